The fourth-order valence-corrected chi connectivity index (χ4v) is 2.13. The molecule has 94 valence electrons. The number of carboxylic acid groups (broad SMARTS) is 1. The number of nitrogens with one attached hydrogen (secondary N) is 1. The van der Waals surface area contributed by atoms with E-state index in [1.54, 1.807) is 22.8 Å². The minimum Gasteiger partial charge on any atom is -0.477 e. The van der Waals surface area contributed by atoms with Crippen molar-refractivity contribution in [2.24, 2.45) is 0 Å². The minimum absolute atomic E-state index is 0.0523. The molecule has 3 rings (SSSR count). The van der Waals surface area contributed by atoms with Crippen LogP contribution in [0.4, 0.5) is 5.82 Å². The second-order valence-electron chi connectivity index (χ2n) is 4.14. The van der Waals surface area contributed by atoms with Gasteiger partial charge in [-0.3, -0.25) is 0 Å². The summed E-state index contributed by atoms with van der Waals surface area (Å²) in [5.74, 6) is -0.237. The van der Waals surface area contributed by atoms with E-state index in [-0.39, 0.29) is 5.69 Å². The lowest BCUT2D eigenvalue weighted by molar-refractivity contribution is 0.0690. The molecule has 2 aromatic rings. The van der Waals surface area contributed by atoms with E-state index in [0.717, 1.165) is 32.0 Å². The molecule has 0 atom stereocenters. The third-order valence-corrected chi connectivity index (χ3v) is 3.00. The van der Waals surface area contributed by atoms with Crippen molar-refractivity contribution in [3.63, 3.8) is 0 Å². The molecule has 0 aromatic carbocycles. The quantitative estimate of drug-likeness (QED) is 0.767. The third-order valence-electron chi connectivity index (χ3n) is 3.00. The molecule has 0 spiro atoms. The molecule has 2 N–H and O–H groups in total. The van der Waals surface area contributed by atoms with Gasteiger partial charge in [-0.05, 0) is 0 Å². The Kier molecular flexibility index (Phi) is 2.60. The number of nitrogens with zero attached hydrogens (tertiary/aromatic N) is 4. The number of rotatable bonds is 2. The van der Waals surface area contributed by atoms with Crippen molar-refractivity contribution in [1.82, 2.24) is 19.9 Å². The molecule has 1 fully saturated rings. The summed E-state index contributed by atoms with van der Waals surface area (Å²) in [6, 6.07) is 3.28. The van der Waals surface area contributed by atoms with Crippen molar-refractivity contribution in [2.75, 3.05) is 31.1 Å². The zero-order valence-corrected chi connectivity index (χ0v) is 9.70. The number of piperazine rings is 1. The van der Waals surface area contributed by atoms with Gasteiger partial charge in [-0.25, -0.2) is 9.78 Å². The molecule has 0 aliphatic carbocycles. The molecular formula is C11H13N5O2. The Morgan fingerprint density at radius 2 is 2.17 bits per heavy atom. The van der Waals surface area contributed by atoms with Crippen molar-refractivity contribution in [2.45, 2.75) is 0 Å². The summed E-state index contributed by atoms with van der Waals surface area (Å²) in [5, 5.41) is 16.5. The number of carbonyl (C=O) groups is 1. The van der Waals surface area contributed by atoms with E-state index in [4.69, 9.17) is 5.11 Å². The zero-order chi connectivity index (χ0) is 12.5. The van der Waals surface area contributed by atoms with Crippen LogP contribution in [-0.2, 0) is 0 Å². The molecule has 1 saturated heterocycles. The molecule has 1 aliphatic rings. The molecule has 18 heavy (non-hydrogen) atoms. The first-order chi connectivity index (χ1) is 8.75. The standard InChI is InChI=1S/C11H13N5O2/c17-11(18)8-7-10(15-5-3-12-4-6-15)16-9(14-8)1-2-13-16/h1-2,7,12H,3-6H2,(H,17,18). The highest BCUT2D eigenvalue weighted by Gasteiger charge is 2.17. The first kappa shape index (κ1) is 11.0. The SMILES string of the molecule is O=C(O)c1cc(N2CCNCC2)n2nccc2n1. The first-order valence-electron chi connectivity index (χ1n) is 5.79. The van der Waals surface area contributed by atoms with Crippen molar-refractivity contribution >= 4 is 17.4 Å². The maximum Gasteiger partial charge on any atom is 0.354 e. The molecule has 0 radical (unpaired) electrons. The van der Waals surface area contributed by atoms with Crippen LogP contribution in [0, 0.1) is 0 Å². The van der Waals surface area contributed by atoms with Gasteiger partial charge in [-0.1, -0.05) is 0 Å². The van der Waals surface area contributed by atoms with Gasteiger partial charge < -0.3 is 15.3 Å². The highest BCUT2D eigenvalue weighted by Crippen LogP contribution is 2.17. The average Bonchev–Trinajstić information content (AvgIpc) is 2.86. The largest absolute Gasteiger partial charge is 0.477 e. The maximum atomic E-state index is 11.1. The summed E-state index contributed by atoms with van der Waals surface area (Å²) >= 11 is 0. The Labute approximate surface area is 103 Å². The Balaban J connectivity index is 2.12. The maximum absolute atomic E-state index is 11.1. The van der Waals surface area contributed by atoms with E-state index in [1.807, 2.05) is 0 Å². The Hall–Kier alpha value is -2.15. The van der Waals surface area contributed by atoms with Crippen LogP contribution >= 0.6 is 0 Å². The second-order valence-corrected chi connectivity index (χ2v) is 4.14. The van der Waals surface area contributed by atoms with Crippen LogP contribution in [0.25, 0.3) is 5.65 Å². The van der Waals surface area contributed by atoms with E-state index < -0.39 is 5.97 Å². The summed E-state index contributed by atoms with van der Waals surface area (Å²) in [6.45, 7) is 3.43. The number of aromatic carboxylic acids is 1. The number of hydrogen-bond donors (Lipinski definition) is 2. The van der Waals surface area contributed by atoms with E-state index in [0.29, 0.717) is 5.65 Å². The number of anilines is 1. The molecule has 3 heterocycles. The van der Waals surface area contributed by atoms with Crippen LogP contribution < -0.4 is 10.2 Å². The van der Waals surface area contributed by atoms with Gasteiger partial charge in [0, 0.05) is 38.3 Å². The third kappa shape index (κ3) is 1.78. The lowest BCUT2D eigenvalue weighted by Crippen LogP contribution is -2.44. The monoisotopic (exact) mass is 247 g/mol. The molecule has 0 saturated carbocycles. The van der Waals surface area contributed by atoms with E-state index >= 15 is 0 Å². The Morgan fingerprint density at radius 3 is 2.89 bits per heavy atom. The molecule has 7 heteroatoms. The summed E-state index contributed by atoms with van der Waals surface area (Å²) in [4.78, 5) is 17.2. The van der Waals surface area contributed by atoms with Gasteiger partial charge in [-0.15, -0.1) is 0 Å². The summed E-state index contributed by atoms with van der Waals surface area (Å²) in [5.41, 5.74) is 0.611. The van der Waals surface area contributed by atoms with E-state index in [2.05, 4.69) is 20.3 Å². The predicted molar refractivity (Wildman–Crippen MR) is 65.0 cm³/mol. The van der Waals surface area contributed by atoms with Crippen molar-refractivity contribution in [1.29, 1.82) is 0 Å². The van der Waals surface area contributed by atoms with Gasteiger partial charge in [-0.2, -0.15) is 9.61 Å². The lowest BCUT2D eigenvalue weighted by Gasteiger charge is -2.29. The molecular weight excluding hydrogens is 234 g/mol. The van der Waals surface area contributed by atoms with Gasteiger partial charge in [0.05, 0.1) is 6.20 Å². The number of carboxylic acids is 1. The molecule has 0 unspecified atom stereocenters. The predicted octanol–water partition coefficient (Wildman–Crippen LogP) is -0.163. The summed E-state index contributed by atoms with van der Waals surface area (Å²) in [7, 11) is 0. The van der Waals surface area contributed by atoms with Crippen LogP contribution in [0.2, 0.25) is 0 Å². The van der Waals surface area contributed by atoms with Gasteiger partial charge in [0.2, 0.25) is 0 Å². The Bertz CT molecular complexity index is 588. The fourth-order valence-electron chi connectivity index (χ4n) is 2.13. The highest BCUT2D eigenvalue weighted by atomic mass is 16.4. The van der Waals surface area contributed by atoms with Gasteiger partial charge in [0.25, 0.3) is 0 Å². The second kappa shape index (κ2) is 4.26. The van der Waals surface area contributed by atoms with Crippen molar-refractivity contribution < 1.29 is 9.90 Å². The van der Waals surface area contributed by atoms with E-state index in [1.165, 1.54) is 0 Å². The topological polar surface area (TPSA) is 82.8 Å². The molecule has 7 nitrogen and oxygen atoms in total. The van der Waals surface area contributed by atoms with Crippen LogP contribution in [0.1, 0.15) is 10.5 Å². The molecule has 0 bridgehead atoms. The van der Waals surface area contributed by atoms with E-state index in [9.17, 15) is 4.79 Å². The van der Waals surface area contributed by atoms with Crippen LogP contribution in [0.5, 0.6) is 0 Å². The fraction of sp³-hybridized carbons (Fsp3) is 0.364. The Morgan fingerprint density at radius 1 is 1.39 bits per heavy atom. The van der Waals surface area contributed by atoms with Gasteiger partial charge in [0.15, 0.2) is 11.3 Å². The summed E-state index contributed by atoms with van der Waals surface area (Å²) in [6.07, 6.45) is 1.62. The highest BCUT2D eigenvalue weighted by molar-refractivity contribution is 5.87. The molecule has 0 amide bonds. The molecule has 2 aromatic heterocycles. The normalized spacial score (nSPS) is 16.1. The van der Waals surface area contributed by atoms with Crippen molar-refractivity contribution in [3.8, 4) is 0 Å². The van der Waals surface area contributed by atoms with Crippen LogP contribution in [-0.4, -0.2) is 51.9 Å². The van der Waals surface area contributed by atoms with Gasteiger partial charge >= 0.3 is 5.97 Å². The first-order valence-corrected chi connectivity index (χ1v) is 5.79. The number of hydrogen-bond acceptors (Lipinski definition) is 5. The summed E-state index contributed by atoms with van der Waals surface area (Å²) < 4.78 is 1.68. The van der Waals surface area contributed by atoms with Gasteiger partial charge in [0.1, 0.15) is 5.82 Å². The van der Waals surface area contributed by atoms with Crippen molar-refractivity contribution in [3.05, 3.63) is 24.0 Å². The smallest absolute Gasteiger partial charge is 0.354 e. The lowest BCUT2D eigenvalue weighted by atomic mass is 10.3. The molecule has 1 aliphatic heterocycles. The van der Waals surface area contributed by atoms with Crippen LogP contribution in [0.15, 0.2) is 18.3 Å². The number of fused-ring (bicyclic) bond motifs is 1. The van der Waals surface area contributed by atoms with Crippen LogP contribution in [0.3, 0.4) is 0 Å². The minimum atomic E-state index is -1.02. The average molecular weight is 247 g/mol. The zero-order valence-electron chi connectivity index (χ0n) is 9.70. The number of aromatic nitrogens is 3.